The van der Waals surface area contributed by atoms with Gasteiger partial charge >= 0.3 is 11.9 Å². The molecule has 180 valence electrons. The number of nitrogens with zero attached hydrogens (tertiary/aromatic N) is 1. The summed E-state index contributed by atoms with van der Waals surface area (Å²) < 4.78 is 15.9. The van der Waals surface area contributed by atoms with Gasteiger partial charge in [0, 0.05) is 5.70 Å². The minimum atomic E-state index is -0.679. The average Bonchev–Trinajstić information content (AvgIpc) is 2.89. The second-order valence-electron chi connectivity index (χ2n) is 7.55. The maximum Gasteiger partial charge on any atom is 0.337 e. The fourth-order valence-electron chi connectivity index (χ4n) is 3.53. The van der Waals surface area contributed by atoms with Crippen molar-refractivity contribution in [3.8, 4) is 11.8 Å². The Morgan fingerprint density at radius 2 is 1.89 bits per heavy atom. The Hall–Kier alpha value is -3.96. The van der Waals surface area contributed by atoms with Gasteiger partial charge in [0.2, 0.25) is 0 Å². The lowest BCUT2D eigenvalue weighted by atomic mass is 9.82. The van der Waals surface area contributed by atoms with Crippen LogP contribution in [0.3, 0.4) is 0 Å². The Bertz CT molecular complexity index is 1180. The molecule has 0 amide bonds. The summed E-state index contributed by atoms with van der Waals surface area (Å²) in [6, 6.07) is 19.3. The fourth-order valence-corrected chi connectivity index (χ4v) is 4.45. The summed E-state index contributed by atoms with van der Waals surface area (Å²) in [6.07, 6.45) is 1.48. The number of esters is 2. The van der Waals surface area contributed by atoms with E-state index in [1.54, 1.807) is 19.1 Å². The number of hydrogen-bond donors (Lipinski definition) is 1. The summed E-state index contributed by atoms with van der Waals surface area (Å²) >= 11 is 1.15. The third-order valence-electron chi connectivity index (χ3n) is 5.22. The van der Waals surface area contributed by atoms with Crippen LogP contribution in [0.15, 0.2) is 89.1 Å². The molecule has 1 N–H and O–H groups in total. The summed E-state index contributed by atoms with van der Waals surface area (Å²) in [5.41, 5.74) is 2.94. The monoisotopic (exact) mass is 490 g/mol. The fraction of sp³-hybridized carbons (Fsp3) is 0.222. The summed E-state index contributed by atoms with van der Waals surface area (Å²) in [5, 5.41) is 13.6. The zero-order valence-electron chi connectivity index (χ0n) is 19.6. The van der Waals surface area contributed by atoms with Crippen LogP contribution in [-0.4, -0.2) is 31.4 Å². The molecule has 0 aromatic heterocycles. The van der Waals surface area contributed by atoms with E-state index >= 15 is 0 Å². The van der Waals surface area contributed by atoms with E-state index < -0.39 is 17.9 Å². The van der Waals surface area contributed by atoms with Gasteiger partial charge in [-0.3, -0.25) is 4.79 Å². The molecule has 7 nitrogen and oxygen atoms in total. The second-order valence-corrected chi connectivity index (χ2v) is 8.53. The normalized spacial score (nSPS) is 15.1. The van der Waals surface area contributed by atoms with Gasteiger partial charge in [0.1, 0.15) is 19.0 Å². The van der Waals surface area contributed by atoms with Gasteiger partial charge in [-0.05, 0) is 30.2 Å². The predicted octanol–water partition coefficient (Wildman–Crippen LogP) is 4.60. The summed E-state index contributed by atoms with van der Waals surface area (Å²) in [5.74, 6) is -0.968. The van der Waals surface area contributed by atoms with Crippen molar-refractivity contribution in [2.75, 3.05) is 19.5 Å². The molecule has 0 saturated heterocycles. The van der Waals surface area contributed by atoms with Gasteiger partial charge in [-0.2, -0.15) is 5.26 Å². The molecule has 2 aromatic carbocycles. The maximum absolute atomic E-state index is 13.0. The number of benzene rings is 2. The molecular weight excluding hydrogens is 464 g/mol. The Balaban J connectivity index is 1.93. The number of hydrogen-bond acceptors (Lipinski definition) is 8. The Kier molecular flexibility index (Phi) is 9.16. The standard InChI is InChI=1S/C27H26N2O5S/c1-4-14-33-27(31)24-18(2)29-26(35-17-23(30)32-3)22(15-28)25(24)20-10-12-21(13-11-20)34-16-19-8-6-5-7-9-19/h4-13,25,29H,1,14,16-17H2,2-3H3. The quantitative estimate of drug-likeness (QED) is 0.381. The van der Waals surface area contributed by atoms with Gasteiger partial charge < -0.3 is 19.5 Å². The number of allylic oxidation sites excluding steroid dienone is 2. The van der Waals surface area contributed by atoms with E-state index in [1.165, 1.54) is 13.2 Å². The summed E-state index contributed by atoms with van der Waals surface area (Å²) in [7, 11) is 1.31. The first-order chi connectivity index (χ1) is 17.0. The summed E-state index contributed by atoms with van der Waals surface area (Å²) in [4.78, 5) is 24.6. The Morgan fingerprint density at radius 1 is 1.17 bits per heavy atom. The molecule has 3 rings (SSSR count). The molecule has 35 heavy (non-hydrogen) atoms. The van der Waals surface area contributed by atoms with Crippen LogP contribution >= 0.6 is 11.8 Å². The molecule has 0 fully saturated rings. The Labute approximate surface area is 209 Å². The molecule has 0 radical (unpaired) electrons. The van der Waals surface area contributed by atoms with E-state index in [0.717, 1.165) is 22.9 Å². The van der Waals surface area contributed by atoms with Gasteiger partial charge in [-0.25, -0.2) is 4.79 Å². The van der Waals surface area contributed by atoms with E-state index in [4.69, 9.17) is 14.2 Å². The lowest BCUT2D eigenvalue weighted by Crippen LogP contribution is -2.29. The van der Waals surface area contributed by atoms with Gasteiger partial charge in [0.15, 0.2) is 0 Å². The molecular formula is C27H26N2O5S. The van der Waals surface area contributed by atoms with Crippen molar-refractivity contribution in [3.63, 3.8) is 0 Å². The van der Waals surface area contributed by atoms with Crippen molar-refractivity contribution in [2.45, 2.75) is 19.4 Å². The van der Waals surface area contributed by atoms with Crippen molar-refractivity contribution in [1.29, 1.82) is 5.26 Å². The zero-order valence-corrected chi connectivity index (χ0v) is 20.4. The van der Waals surface area contributed by atoms with Crippen molar-refractivity contribution in [2.24, 2.45) is 0 Å². The van der Waals surface area contributed by atoms with E-state index in [-0.39, 0.29) is 12.4 Å². The minimum absolute atomic E-state index is 0.0204. The third-order valence-corrected chi connectivity index (χ3v) is 6.21. The van der Waals surface area contributed by atoms with Gasteiger partial charge in [-0.15, -0.1) is 0 Å². The van der Waals surface area contributed by atoms with Gasteiger partial charge in [0.05, 0.1) is 41.0 Å². The highest BCUT2D eigenvalue weighted by molar-refractivity contribution is 8.03. The zero-order chi connectivity index (χ0) is 25.2. The highest BCUT2D eigenvalue weighted by Gasteiger charge is 2.35. The smallest absolute Gasteiger partial charge is 0.337 e. The molecule has 0 bridgehead atoms. The SMILES string of the molecule is C=CCOC(=O)C1=C(C)NC(SCC(=O)OC)=C(C#N)C1c1ccc(OCc2ccccc2)cc1. The van der Waals surface area contributed by atoms with Crippen LogP contribution in [0.4, 0.5) is 0 Å². The number of carbonyl (C=O) groups excluding carboxylic acids is 2. The summed E-state index contributed by atoms with van der Waals surface area (Å²) in [6.45, 7) is 5.79. The molecule has 1 aliphatic heterocycles. The number of dihydropyridines is 1. The van der Waals surface area contributed by atoms with Crippen LogP contribution in [0.5, 0.6) is 5.75 Å². The lowest BCUT2D eigenvalue weighted by molar-refractivity contribution is -0.138. The highest BCUT2D eigenvalue weighted by Crippen LogP contribution is 2.41. The first-order valence-corrected chi connectivity index (χ1v) is 11.8. The van der Waals surface area contributed by atoms with Crippen LogP contribution < -0.4 is 10.1 Å². The van der Waals surface area contributed by atoms with E-state index in [2.05, 4.69) is 18.0 Å². The molecule has 1 heterocycles. The topological polar surface area (TPSA) is 97.6 Å². The molecule has 0 spiro atoms. The van der Waals surface area contributed by atoms with Crippen LogP contribution in [0.1, 0.15) is 24.0 Å². The number of ether oxygens (including phenoxy) is 3. The first kappa shape index (κ1) is 25.7. The largest absolute Gasteiger partial charge is 0.489 e. The van der Waals surface area contributed by atoms with Gasteiger partial charge in [0.25, 0.3) is 0 Å². The van der Waals surface area contributed by atoms with Crippen molar-refractivity contribution in [3.05, 3.63) is 100 Å². The van der Waals surface area contributed by atoms with E-state index in [1.807, 2.05) is 42.5 Å². The molecule has 8 heteroatoms. The molecule has 1 unspecified atom stereocenters. The van der Waals surface area contributed by atoms with Crippen LogP contribution in [-0.2, 0) is 25.7 Å². The van der Waals surface area contributed by atoms with Crippen LogP contribution in [0.2, 0.25) is 0 Å². The molecule has 1 aliphatic rings. The third kappa shape index (κ3) is 6.55. The predicted molar refractivity (Wildman–Crippen MR) is 134 cm³/mol. The average molecular weight is 491 g/mol. The van der Waals surface area contributed by atoms with Crippen molar-refractivity contribution in [1.82, 2.24) is 5.32 Å². The van der Waals surface area contributed by atoms with Crippen LogP contribution in [0.25, 0.3) is 0 Å². The highest BCUT2D eigenvalue weighted by atomic mass is 32.2. The number of nitrogens with one attached hydrogen (secondary N) is 1. The van der Waals surface area contributed by atoms with E-state index in [0.29, 0.717) is 34.2 Å². The van der Waals surface area contributed by atoms with Gasteiger partial charge in [-0.1, -0.05) is 66.9 Å². The minimum Gasteiger partial charge on any atom is -0.489 e. The van der Waals surface area contributed by atoms with Crippen molar-refractivity contribution >= 4 is 23.7 Å². The molecule has 0 aliphatic carbocycles. The maximum atomic E-state index is 13.0. The molecule has 1 atom stereocenters. The molecule has 2 aromatic rings. The first-order valence-electron chi connectivity index (χ1n) is 10.8. The Morgan fingerprint density at radius 3 is 2.51 bits per heavy atom. The van der Waals surface area contributed by atoms with Crippen LogP contribution in [0, 0.1) is 11.3 Å². The molecule has 0 saturated carbocycles. The lowest BCUT2D eigenvalue weighted by Gasteiger charge is -2.29. The number of rotatable bonds is 10. The number of methoxy groups -OCH3 is 1. The number of carbonyl (C=O) groups is 2. The van der Waals surface area contributed by atoms with E-state index in [9.17, 15) is 14.9 Å². The number of nitriles is 1. The number of thioether (sulfide) groups is 1. The second kappa shape index (κ2) is 12.5. The van der Waals surface area contributed by atoms with Crippen molar-refractivity contribution < 1.29 is 23.8 Å².